The number of nitrogens with one attached hydrogen (secondary N) is 1. The fourth-order valence-electron chi connectivity index (χ4n) is 7.03. The zero-order chi connectivity index (χ0) is 34.3. The van der Waals surface area contributed by atoms with Crippen molar-refractivity contribution in [2.45, 2.75) is 109 Å². The molecule has 1 saturated carbocycles. The summed E-state index contributed by atoms with van der Waals surface area (Å²) in [7, 11) is 1.40. The number of hydrogen-bond donors (Lipinski definition) is 1. The van der Waals surface area contributed by atoms with Gasteiger partial charge in [-0.15, -0.1) is 0 Å². The van der Waals surface area contributed by atoms with Crippen molar-refractivity contribution < 1.29 is 46.2 Å². The number of fused-ring (bicyclic) bond motifs is 5. The van der Waals surface area contributed by atoms with Crippen LogP contribution >= 0.6 is 0 Å². The van der Waals surface area contributed by atoms with E-state index >= 15 is 17.6 Å². The highest BCUT2D eigenvalue weighted by molar-refractivity contribution is 5.89. The van der Waals surface area contributed by atoms with Gasteiger partial charge in [0.15, 0.2) is 5.69 Å². The second-order valence-electron chi connectivity index (χ2n) is 13.8. The van der Waals surface area contributed by atoms with E-state index in [4.69, 9.17) is 14.2 Å². The number of carbonyl (C=O) groups excluding carboxylic acids is 3. The molecule has 5 rings (SSSR count). The highest BCUT2D eigenvalue weighted by Gasteiger charge is 2.60. The first-order valence-corrected chi connectivity index (χ1v) is 16.1. The van der Waals surface area contributed by atoms with Crippen molar-refractivity contribution >= 4 is 29.3 Å². The predicted octanol–water partition coefficient (Wildman–Crippen LogP) is 6.04. The van der Waals surface area contributed by atoms with Crippen LogP contribution in [-0.2, 0) is 20.2 Å². The number of nitrogens with zero attached hydrogens (tertiary/aromatic N) is 3. The molecule has 3 heterocycles. The summed E-state index contributed by atoms with van der Waals surface area (Å²) < 4.78 is 80.2. The van der Waals surface area contributed by atoms with Gasteiger partial charge in [-0.2, -0.15) is 17.6 Å². The molecular formula is C33H42F4N4O6. The van der Waals surface area contributed by atoms with Crippen LogP contribution in [0.15, 0.2) is 18.2 Å². The first-order chi connectivity index (χ1) is 22.1. The third kappa shape index (κ3) is 6.69. The zero-order valence-corrected chi connectivity index (χ0v) is 27.2. The fourth-order valence-corrected chi connectivity index (χ4v) is 7.03. The quantitative estimate of drug-likeness (QED) is 0.311. The van der Waals surface area contributed by atoms with Crippen LogP contribution < -0.4 is 14.8 Å². The standard InChI is InChI=1S/C33H42F4N4O6/c1-6-20-23(17-42)41-16-25(20)46-28-26(38-21-13-12-19(45-5)15-22(21)39-28)33(36,37)32(34,35)14-8-10-18-9-7-11-24(18)47-30(44)40-27(29(41)43)31(2,3)4/h12-13,15,17-18,20,23-25,27H,6-11,14,16H2,1-5H3,(H,40,44)/t18-,20-,23+,24+,25-,27+/m0/s1. The van der Waals surface area contributed by atoms with Crippen molar-refractivity contribution in [1.29, 1.82) is 0 Å². The summed E-state index contributed by atoms with van der Waals surface area (Å²) in [5.41, 5.74) is -2.14. The van der Waals surface area contributed by atoms with Gasteiger partial charge in [-0.3, -0.25) is 4.79 Å². The Morgan fingerprint density at radius 3 is 2.43 bits per heavy atom. The summed E-state index contributed by atoms with van der Waals surface area (Å²) in [6, 6.07) is 2.05. The lowest BCUT2D eigenvalue weighted by molar-refractivity contribution is -0.223. The minimum atomic E-state index is -4.79. The molecule has 1 aromatic carbocycles. The first-order valence-electron chi connectivity index (χ1n) is 16.1. The second-order valence-corrected chi connectivity index (χ2v) is 13.8. The summed E-state index contributed by atoms with van der Waals surface area (Å²) in [4.78, 5) is 49.2. The molecule has 0 spiro atoms. The summed E-state index contributed by atoms with van der Waals surface area (Å²) in [6.45, 7) is 6.74. The van der Waals surface area contributed by atoms with Gasteiger partial charge in [0.1, 0.15) is 30.3 Å². The van der Waals surface area contributed by atoms with Crippen LogP contribution in [0.1, 0.15) is 78.3 Å². The number of hydrogen-bond acceptors (Lipinski definition) is 8. The molecule has 10 nitrogen and oxygen atoms in total. The van der Waals surface area contributed by atoms with Gasteiger partial charge < -0.3 is 29.2 Å². The Kier molecular flexibility index (Phi) is 9.62. The van der Waals surface area contributed by atoms with Gasteiger partial charge in [0.05, 0.1) is 30.7 Å². The second kappa shape index (κ2) is 13.1. The minimum Gasteiger partial charge on any atom is -0.497 e. The number of halogens is 4. The molecule has 1 aliphatic carbocycles. The molecule has 14 heteroatoms. The fraction of sp³-hybridized carbons (Fsp3) is 0.667. The minimum absolute atomic E-state index is 0.0676. The number of benzene rings is 1. The number of methoxy groups -OCH3 is 1. The Morgan fingerprint density at radius 1 is 1.04 bits per heavy atom. The lowest BCUT2D eigenvalue weighted by Crippen LogP contribution is -2.56. The van der Waals surface area contributed by atoms with Crippen LogP contribution in [0, 0.1) is 17.3 Å². The molecule has 0 radical (unpaired) electrons. The van der Waals surface area contributed by atoms with Gasteiger partial charge in [-0.25, -0.2) is 14.8 Å². The Hall–Kier alpha value is -3.71. The van der Waals surface area contributed by atoms with Crippen molar-refractivity contribution in [1.82, 2.24) is 20.2 Å². The number of ether oxygens (including phenoxy) is 3. The molecule has 2 aliphatic heterocycles. The van der Waals surface area contributed by atoms with Crippen LogP contribution in [-0.4, -0.2) is 77.0 Å². The SMILES string of the molecule is CC[C@@H]1[C@@H]2CN(C(=O)[C@H](C(C)(C)C)NC(=O)O[C@@H]3CCC[C@H]3CCCC(F)(F)C(F)(F)c3nc4ccc(OC)cc4nc3O2)[C@@H]1C=O. The molecule has 1 aromatic heterocycles. The van der Waals surface area contributed by atoms with E-state index in [1.54, 1.807) is 27.7 Å². The lowest BCUT2D eigenvalue weighted by atomic mass is 9.85. The average Bonchev–Trinajstić information content (AvgIpc) is 3.60. The molecule has 2 fully saturated rings. The van der Waals surface area contributed by atoms with Crippen molar-refractivity contribution in [2.24, 2.45) is 17.3 Å². The Morgan fingerprint density at radius 2 is 1.77 bits per heavy atom. The summed E-state index contributed by atoms with van der Waals surface area (Å²) >= 11 is 0. The highest BCUT2D eigenvalue weighted by Crippen LogP contribution is 2.49. The highest BCUT2D eigenvalue weighted by atomic mass is 19.3. The monoisotopic (exact) mass is 666 g/mol. The van der Waals surface area contributed by atoms with Crippen LogP contribution in [0.2, 0.25) is 0 Å². The normalized spacial score (nSPS) is 29.9. The molecule has 6 atom stereocenters. The maximum atomic E-state index is 16.1. The Bertz CT molecular complexity index is 1500. The zero-order valence-electron chi connectivity index (χ0n) is 27.2. The number of alkyl halides is 4. The van der Waals surface area contributed by atoms with E-state index < -0.39 is 77.5 Å². The van der Waals surface area contributed by atoms with Crippen molar-refractivity contribution in [3.8, 4) is 11.6 Å². The van der Waals surface area contributed by atoms with Crippen LogP contribution in [0.25, 0.3) is 11.0 Å². The van der Waals surface area contributed by atoms with E-state index in [0.717, 1.165) is 0 Å². The molecule has 1 saturated heterocycles. The molecule has 2 amide bonds. The van der Waals surface area contributed by atoms with Gasteiger partial charge in [0.25, 0.3) is 0 Å². The Balaban J connectivity index is 1.63. The molecule has 0 unspecified atom stereocenters. The lowest BCUT2D eigenvalue weighted by Gasteiger charge is -2.35. The van der Waals surface area contributed by atoms with Crippen molar-refractivity contribution in [2.75, 3.05) is 13.7 Å². The smallest absolute Gasteiger partial charge is 0.408 e. The van der Waals surface area contributed by atoms with E-state index in [1.807, 2.05) is 0 Å². The predicted molar refractivity (Wildman–Crippen MR) is 163 cm³/mol. The molecule has 258 valence electrons. The van der Waals surface area contributed by atoms with E-state index in [9.17, 15) is 14.4 Å². The number of aromatic nitrogens is 2. The van der Waals surface area contributed by atoms with Crippen LogP contribution in [0.3, 0.4) is 0 Å². The maximum Gasteiger partial charge on any atom is 0.408 e. The third-order valence-electron chi connectivity index (χ3n) is 9.69. The maximum absolute atomic E-state index is 16.1. The van der Waals surface area contributed by atoms with Crippen molar-refractivity contribution in [3.05, 3.63) is 23.9 Å². The van der Waals surface area contributed by atoms with Gasteiger partial charge in [-0.1, -0.05) is 27.7 Å². The third-order valence-corrected chi connectivity index (χ3v) is 9.69. The van der Waals surface area contributed by atoms with E-state index in [0.29, 0.717) is 31.3 Å². The topological polar surface area (TPSA) is 120 Å². The van der Waals surface area contributed by atoms with Gasteiger partial charge in [0.2, 0.25) is 11.8 Å². The largest absolute Gasteiger partial charge is 0.497 e. The van der Waals surface area contributed by atoms with Crippen LogP contribution in [0.4, 0.5) is 22.4 Å². The summed E-state index contributed by atoms with van der Waals surface area (Å²) in [5, 5.41) is 2.69. The van der Waals surface area contributed by atoms with Crippen LogP contribution in [0.5, 0.6) is 11.6 Å². The van der Waals surface area contributed by atoms with Gasteiger partial charge >= 0.3 is 17.9 Å². The summed E-state index contributed by atoms with van der Waals surface area (Å²) in [5.74, 6) is -11.4. The molecular weight excluding hydrogens is 624 g/mol. The van der Waals surface area contributed by atoms with E-state index in [1.165, 1.54) is 30.2 Å². The van der Waals surface area contributed by atoms with E-state index in [-0.39, 0.29) is 42.8 Å². The van der Waals surface area contributed by atoms with Gasteiger partial charge in [0, 0.05) is 18.4 Å². The first kappa shape index (κ1) is 34.6. The number of rotatable bonds is 3. The van der Waals surface area contributed by atoms with E-state index in [2.05, 4.69) is 15.3 Å². The molecule has 1 N–H and O–H groups in total. The molecule has 2 aromatic rings. The summed E-state index contributed by atoms with van der Waals surface area (Å²) in [6.07, 6.45) is -1.27. The van der Waals surface area contributed by atoms with Crippen molar-refractivity contribution in [3.63, 3.8) is 0 Å². The molecule has 2 bridgehead atoms. The van der Waals surface area contributed by atoms with Gasteiger partial charge in [-0.05, 0) is 62.0 Å². The number of amides is 2. The molecule has 47 heavy (non-hydrogen) atoms. The number of carbonyl (C=O) groups is 3. The average molecular weight is 667 g/mol. The number of aldehydes is 1. The number of alkyl carbamates (subject to hydrolysis) is 1. The molecule has 3 aliphatic rings. The Labute approximate surface area is 270 Å².